The highest BCUT2D eigenvalue weighted by molar-refractivity contribution is 6.22. The van der Waals surface area contributed by atoms with Crippen LogP contribution in [-0.4, -0.2) is 10.5 Å². The van der Waals surface area contributed by atoms with Crippen LogP contribution >= 0.6 is 11.6 Å². The Morgan fingerprint density at radius 1 is 1.25 bits per heavy atom. The molecule has 2 atom stereocenters. The average Bonchev–Trinajstić information content (AvgIpc) is 2.26. The van der Waals surface area contributed by atoms with Gasteiger partial charge in [-0.1, -0.05) is 51.1 Å². The van der Waals surface area contributed by atoms with E-state index in [0.29, 0.717) is 0 Å². The fourth-order valence-corrected chi connectivity index (χ4v) is 1.64. The van der Waals surface area contributed by atoms with Gasteiger partial charge in [-0.15, -0.1) is 18.2 Å². The summed E-state index contributed by atoms with van der Waals surface area (Å²) < 4.78 is 0. The van der Waals surface area contributed by atoms with Gasteiger partial charge in [0.25, 0.3) is 0 Å². The van der Waals surface area contributed by atoms with Gasteiger partial charge >= 0.3 is 0 Å². The molecule has 1 aromatic carbocycles. The Balaban J connectivity index is 2.91. The number of aliphatic hydroxyl groups is 1. The molecule has 2 heteroatoms. The van der Waals surface area contributed by atoms with Gasteiger partial charge in [0, 0.05) is 0 Å². The summed E-state index contributed by atoms with van der Waals surface area (Å²) in [6, 6.07) is 7.91. The Kier molecular flexibility index (Phi) is 4.17. The van der Waals surface area contributed by atoms with Gasteiger partial charge < -0.3 is 5.11 Å². The van der Waals surface area contributed by atoms with E-state index in [2.05, 4.69) is 27.4 Å². The summed E-state index contributed by atoms with van der Waals surface area (Å²) in [5.74, 6) is 0. The van der Waals surface area contributed by atoms with E-state index in [0.717, 1.165) is 5.56 Å². The maximum atomic E-state index is 9.88. The molecule has 0 heterocycles. The molecule has 0 unspecified atom stereocenters. The zero-order valence-corrected chi connectivity index (χ0v) is 10.8. The maximum Gasteiger partial charge on any atom is 0.0988 e. The van der Waals surface area contributed by atoms with E-state index in [1.807, 2.05) is 24.3 Å². The van der Waals surface area contributed by atoms with Crippen LogP contribution in [0.1, 0.15) is 38.0 Å². The molecule has 88 valence electrons. The summed E-state index contributed by atoms with van der Waals surface area (Å²) in [5.41, 5.74) is 2.20. The molecule has 0 bridgehead atoms. The van der Waals surface area contributed by atoms with Gasteiger partial charge in [-0.25, -0.2) is 0 Å². The van der Waals surface area contributed by atoms with Crippen molar-refractivity contribution >= 4 is 11.6 Å². The van der Waals surface area contributed by atoms with Crippen LogP contribution in [0.4, 0.5) is 0 Å². The van der Waals surface area contributed by atoms with Crippen LogP contribution < -0.4 is 0 Å². The van der Waals surface area contributed by atoms with Gasteiger partial charge in [-0.05, 0) is 16.5 Å². The fourth-order valence-electron chi connectivity index (χ4n) is 1.49. The molecule has 1 aromatic rings. The summed E-state index contributed by atoms with van der Waals surface area (Å²) in [6.45, 7) is 10.0. The first kappa shape index (κ1) is 13.3. The first-order valence-electron chi connectivity index (χ1n) is 5.41. The van der Waals surface area contributed by atoms with Crippen LogP contribution in [0.2, 0.25) is 0 Å². The Bertz CT molecular complexity index is 348. The SMILES string of the molecule is C=C[C@H](Cl)[C@@H](O)c1ccc(C(C)(C)C)cc1. The Labute approximate surface area is 103 Å². The number of benzene rings is 1. The molecule has 16 heavy (non-hydrogen) atoms. The van der Waals surface area contributed by atoms with Gasteiger partial charge in [0.05, 0.1) is 11.5 Å². The average molecular weight is 239 g/mol. The molecular formula is C14H19ClO. The van der Waals surface area contributed by atoms with Crippen LogP contribution in [0, 0.1) is 0 Å². The third-order valence-corrected chi connectivity index (χ3v) is 3.06. The molecule has 1 rings (SSSR count). The van der Waals surface area contributed by atoms with Crippen molar-refractivity contribution in [1.29, 1.82) is 0 Å². The molecule has 1 N–H and O–H groups in total. The highest BCUT2D eigenvalue weighted by atomic mass is 35.5. The fraction of sp³-hybridized carbons (Fsp3) is 0.429. The number of alkyl halides is 1. The van der Waals surface area contributed by atoms with Gasteiger partial charge in [0.2, 0.25) is 0 Å². The molecule has 0 spiro atoms. The molecule has 0 saturated heterocycles. The molecule has 0 aliphatic rings. The van der Waals surface area contributed by atoms with E-state index in [1.165, 1.54) is 5.56 Å². The normalized spacial score (nSPS) is 15.6. The predicted octanol–water partition coefficient (Wildman–Crippen LogP) is 3.81. The van der Waals surface area contributed by atoms with Crippen LogP contribution in [0.5, 0.6) is 0 Å². The van der Waals surface area contributed by atoms with Crippen LogP contribution in [0.3, 0.4) is 0 Å². The quantitative estimate of drug-likeness (QED) is 0.627. The minimum atomic E-state index is -0.687. The molecule has 0 radical (unpaired) electrons. The Hall–Kier alpha value is -0.790. The zero-order chi connectivity index (χ0) is 12.3. The summed E-state index contributed by atoms with van der Waals surface area (Å²) in [7, 11) is 0. The van der Waals surface area contributed by atoms with Crippen molar-refractivity contribution in [2.75, 3.05) is 0 Å². The number of rotatable bonds is 3. The van der Waals surface area contributed by atoms with Crippen molar-refractivity contribution < 1.29 is 5.11 Å². The minimum Gasteiger partial charge on any atom is -0.387 e. The van der Waals surface area contributed by atoms with Crippen LogP contribution in [0.15, 0.2) is 36.9 Å². The van der Waals surface area contributed by atoms with E-state index in [-0.39, 0.29) is 5.41 Å². The first-order valence-corrected chi connectivity index (χ1v) is 5.85. The third kappa shape index (κ3) is 3.10. The van der Waals surface area contributed by atoms with E-state index >= 15 is 0 Å². The number of hydrogen-bond acceptors (Lipinski definition) is 1. The molecule has 0 aliphatic heterocycles. The lowest BCUT2D eigenvalue weighted by Gasteiger charge is -2.20. The second-order valence-corrected chi connectivity index (χ2v) is 5.50. The van der Waals surface area contributed by atoms with Crippen molar-refractivity contribution in [3.05, 3.63) is 48.0 Å². The van der Waals surface area contributed by atoms with Crippen LogP contribution in [-0.2, 0) is 5.41 Å². The largest absolute Gasteiger partial charge is 0.387 e. The van der Waals surface area contributed by atoms with E-state index < -0.39 is 11.5 Å². The lowest BCUT2D eigenvalue weighted by atomic mass is 9.86. The number of aliphatic hydroxyl groups excluding tert-OH is 1. The van der Waals surface area contributed by atoms with Crippen molar-refractivity contribution in [1.82, 2.24) is 0 Å². The summed E-state index contributed by atoms with van der Waals surface area (Å²) in [6.07, 6.45) is 0.859. The molecular weight excluding hydrogens is 220 g/mol. The third-order valence-electron chi connectivity index (χ3n) is 2.65. The lowest BCUT2D eigenvalue weighted by molar-refractivity contribution is 0.185. The number of hydrogen-bond donors (Lipinski definition) is 1. The van der Waals surface area contributed by atoms with E-state index in [1.54, 1.807) is 6.08 Å². The molecule has 0 aromatic heterocycles. The van der Waals surface area contributed by atoms with E-state index in [9.17, 15) is 5.11 Å². The van der Waals surface area contributed by atoms with Gasteiger partial charge in [0.15, 0.2) is 0 Å². The molecule has 0 saturated carbocycles. The highest BCUT2D eigenvalue weighted by Crippen LogP contribution is 2.26. The smallest absolute Gasteiger partial charge is 0.0988 e. The summed E-state index contributed by atoms with van der Waals surface area (Å²) in [4.78, 5) is 0. The number of halogens is 1. The topological polar surface area (TPSA) is 20.2 Å². The Morgan fingerprint density at radius 2 is 1.75 bits per heavy atom. The van der Waals surface area contributed by atoms with E-state index in [4.69, 9.17) is 11.6 Å². The van der Waals surface area contributed by atoms with Crippen molar-refractivity contribution in [3.8, 4) is 0 Å². The van der Waals surface area contributed by atoms with Gasteiger partial charge in [-0.3, -0.25) is 0 Å². The van der Waals surface area contributed by atoms with Gasteiger partial charge in [-0.2, -0.15) is 0 Å². The summed E-state index contributed by atoms with van der Waals surface area (Å²) >= 11 is 5.91. The molecule has 0 fully saturated rings. The molecule has 0 amide bonds. The zero-order valence-electron chi connectivity index (χ0n) is 10.1. The second-order valence-electron chi connectivity index (χ2n) is 5.00. The lowest BCUT2D eigenvalue weighted by Crippen LogP contribution is -2.13. The maximum absolute atomic E-state index is 9.88. The highest BCUT2D eigenvalue weighted by Gasteiger charge is 2.17. The minimum absolute atomic E-state index is 0.127. The summed E-state index contributed by atoms with van der Waals surface area (Å²) in [5, 5.41) is 9.44. The van der Waals surface area contributed by atoms with Crippen molar-refractivity contribution in [3.63, 3.8) is 0 Å². The molecule has 0 aliphatic carbocycles. The van der Waals surface area contributed by atoms with Crippen LogP contribution in [0.25, 0.3) is 0 Å². The standard InChI is InChI=1S/C14H19ClO/c1-5-12(15)13(16)10-6-8-11(9-7-10)14(2,3)4/h5-9,12-13,16H,1H2,2-4H3/t12-,13-/m0/s1. The second kappa shape index (κ2) is 5.03. The monoisotopic (exact) mass is 238 g/mol. The Morgan fingerprint density at radius 3 is 2.12 bits per heavy atom. The van der Waals surface area contributed by atoms with Crippen molar-refractivity contribution in [2.45, 2.75) is 37.7 Å². The van der Waals surface area contributed by atoms with Gasteiger partial charge in [0.1, 0.15) is 0 Å². The molecule has 1 nitrogen and oxygen atoms in total. The predicted molar refractivity (Wildman–Crippen MR) is 69.9 cm³/mol. The first-order chi connectivity index (χ1) is 7.36. The van der Waals surface area contributed by atoms with Crippen molar-refractivity contribution in [2.24, 2.45) is 0 Å².